The highest BCUT2D eigenvalue weighted by molar-refractivity contribution is 6.38. The molecule has 1 saturated heterocycles. The summed E-state index contributed by atoms with van der Waals surface area (Å²) in [5.74, 6) is -3.35. The highest BCUT2D eigenvalue weighted by Crippen LogP contribution is 2.69. The van der Waals surface area contributed by atoms with E-state index in [1.54, 1.807) is 42.5 Å². The number of hydrogen-bond acceptors (Lipinski definition) is 4. The summed E-state index contributed by atoms with van der Waals surface area (Å²) in [5.41, 5.74) is 4.17. The minimum absolute atomic E-state index is 0.0476. The van der Waals surface area contributed by atoms with Crippen molar-refractivity contribution in [1.82, 2.24) is 0 Å². The Morgan fingerprint density at radius 2 is 1.23 bits per heavy atom. The maximum absolute atomic E-state index is 14.2. The summed E-state index contributed by atoms with van der Waals surface area (Å²) in [7, 11) is 0. The zero-order valence-corrected chi connectivity index (χ0v) is 23.1. The Labute approximate surface area is 245 Å². The number of hydrogen-bond donors (Lipinski definition) is 0. The average molecular weight is 589 g/mol. The molecule has 0 unspecified atom stereocenters. The van der Waals surface area contributed by atoms with Crippen molar-refractivity contribution in [2.75, 3.05) is 4.90 Å². The zero-order chi connectivity index (χ0) is 27.8. The first-order valence-corrected chi connectivity index (χ1v) is 13.9. The molecular formula is C32H20Cl3NO4. The van der Waals surface area contributed by atoms with Gasteiger partial charge in [-0.05, 0) is 58.1 Å². The molecule has 0 N–H and O–H groups in total. The Balaban J connectivity index is 1.27. The number of benzene rings is 4. The lowest BCUT2D eigenvalue weighted by atomic mass is 9.54. The highest BCUT2D eigenvalue weighted by Gasteiger charge is 2.73. The van der Waals surface area contributed by atoms with Crippen LogP contribution >= 0.6 is 34.8 Å². The van der Waals surface area contributed by atoms with Gasteiger partial charge in [-0.15, -0.1) is 23.2 Å². The lowest BCUT2D eigenvalue weighted by Crippen LogP contribution is -2.57. The second-order valence-electron chi connectivity index (χ2n) is 10.2. The van der Waals surface area contributed by atoms with Gasteiger partial charge in [0.2, 0.25) is 11.8 Å². The van der Waals surface area contributed by atoms with Crippen LogP contribution in [-0.2, 0) is 30.7 Å². The van der Waals surface area contributed by atoms with E-state index >= 15 is 0 Å². The van der Waals surface area contributed by atoms with Crippen LogP contribution in [0.2, 0.25) is 5.02 Å². The maximum Gasteiger partial charge on any atom is 0.338 e. The summed E-state index contributed by atoms with van der Waals surface area (Å²) in [5, 5.41) is 0.584. The summed E-state index contributed by atoms with van der Waals surface area (Å²) in [6, 6.07) is 28.2. The standard InChI is InChI=1S/C32H20Cl3NO4/c33-20-14-12-18(13-15-20)17-40-30(39)19-6-5-7-21(16-19)36-28(37)26-27(29(36)38)32(35)23-9-2-1-8-22(23)31(26,34)24-10-3-4-11-25(24)32/h1-16,26-27H,17H2/t26-,27-,31?,32?/m0/s1. The van der Waals surface area contributed by atoms with Gasteiger partial charge in [-0.1, -0.05) is 78.3 Å². The number of esters is 1. The van der Waals surface area contributed by atoms with Crippen LogP contribution in [0.3, 0.4) is 0 Å². The topological polar surface area (TPSA) is 63.7 Å². The van der Waals surface area contributed by atoms with Gasteiger partial charge in [0.25, 0.3) is 0 Å². The number of halogens is 3. The van der Waals surface area contributed by atoms with E-state index in [9.17, 15) is 14.4 Å². The van der Waals surface area contributed by atoms with E-state index in [-0.39, 0.29) is 17.9 Å². The molecule has 0 spiro atoms. The van der Waals surface area contributed by atoms with E-state index in [0.29, 0.717) is 5.02 Å². The number of carbonyl (C=O) groups is 3. The van der Waals surface area contributed by atoms with E-state index in [1.807, 2.05) is 48.5 Å². The van der Waals surface area contributed by atoms with Gasteiger partial charge in [0.1, 0.15) is 16.4 Å². The van der Waals surface area contributed by atoms with Crippen LogP contribution in [0.25, 0.3) is 0 Å². The van der Waals surface area contributed by atoms with Crippen molar-refractivity contribution in [3.8, 4) is 0 Å². The normalized spacial score (nSPS) is 25.8. The van der Waals surface area contributed by atoms with Crippen LogP contribution in [0.5, 0.6) is 0 Å². The first kappa shape index (κ1) is 25.3. The van der Waals surface area contributed by atoms with Crippen molar-refractivity contribution in [2.24, 2.45) is 11.8 Å². The summed E-state index contributed by atoms with van der Waals surface area (Å²) in [6.45, 7) is 0.0476. The number of amides is 2. The molecule has 1 heterocycles. The monoisotopic (exact) mass is 587 g/mol. The molecule has 2 bridgehead atoms. The average Bonchev–Trinajstić information content (AvgIpc) is 3.26. The number of alkyl halides is 2. The summed E-state index contributed by atoms with van der Waals surface area (Å²) >= 11 is 20.9. The molecule has 4 aromatic rings. The van der Waals surface area contributed by atoms with E-state index in [0.717, 1.165) is 32.7 Å². The largest absolute Gasteiger partial charge is 0.457 e. The number of imide groups is 1. The van der Waals surface area contributed by atoms with Gasteiger partial charge in [0.15, 0.2) is 0 Å². The van der Waals surface area contributed by atoms with Gasteiger partial charge in [0.05, 0.1) is 23.1 Å². The summed E-state index contributed by atoms with van der Waals surface area (Å²) < 4.78 is 5.47. The molecule has 4 aliphatic rings. The molecule has 40 heavy (non-hydrogen) atoms. The van der Waals surface area contributed by atoms with E-state index in [2.05, 4.69) is 0 Å². The second-order valence-corrected chi connectivity index (χ2v) is 11.9. The minimum atomic E-state index is -1.27. The predicted octanol–water partition coefficient (Wildman–Crippen LogP) is 6.79. The molecule has 2 atom stereocenters. The molecule has 0 aromatic heterocycles. The van der Waals surface area contributed by atoms with Crippen molar-refractivity contribution in [1.29, 1.82) is 0 Å². The van der Waals surface area contributed by atoms with Crippen LogP contribution in [0, 0.1) is 11.8 Å². The lowest BCUT2D eigenvalue weighted by molar-refractivity contribution is -0.122. The van der Waals surface area contributed by atoms with E-state index in [1.165, 1.54) is 6.07 Å². The van der Waals surface area contributed by atoms with Crippen LogP contribution in [0.1, 0.15) is 38.2 Å². The van der Waals surface area contributed by atoms with Crippen molar-refractivity contribution >= 4 is 58.3 Å². The molecule has 5 nitrogen and oxygen atoms in total. The summed E-state index contributed by atoms with van der Waals surface area (Å²) in [4.78, 5) is 39.8. The molecule has 2 amide bonds. The highest BCUT2D eigenvalue weighted by atomic mass is 35.5. The molecule has 4 aromatic carbocycles. The van der Waals surface area contributed by atoms with Crippen LogP contribution in [0.15, 0.2) is 97.1 Å². The molecule has 3 aliphatic carbocycles. The van der Waals surface area contributed by atoms with Gasteiger partial charge < -0.3 is 4.74 Å². The van der Waals surface area contributed by atoms with Crippen molar-refractivity contribution < 1.29 is 19.1 Å². The lowest BCUT2D eigenvalue weighted by Gasteiger charge is -2.54. The van der Waals surface area contributed by atoms with Gasteiger partial charge in [0, 0.05) is 5.02 Å². The fraction of sp³-hybridized carbons (Fsp3) is 0.156. The molecule has 198 valence electrons. The Morgan fingerprint density at radius 1 is 0.725 bits per heavy atom. The summed E-state index contributed by atoms with van der Waals surface area (Å²) in [6.07, 6.45) is 0. The number of ether oxygens (including phenoxy) is 1. The number of nitrogens with zero attached hydrogens (tertiary/aromatic N) is 1. The molecule has 8 rings (SSSR count). The van der Waals surface area contributed by atoms with Gasteiger partial charge >= 0.3 is 5.97 Å². The Kier molecular flexibility index (Phi) is 5.66. The first-order chi connectivity index (χ1) is 19.3. The van der Waals surface area contributed by atoms with Crippen molar-refractivity contribution in [3.63, 3.8) is 0 Å². The van der Waals surface area contributed by atoms with Crippen LogP contribution in [-0.4, -0.2) is 17.8 Å². The quantitative estimate of drug-likeness (QED) is 0.150. The predicted molar refractivity (Wildman–Crippen MR) is 153 cm³/mol. The maximum atomic E-state index is 14.2. The molecule has 1 aliphatic heterocycles. The molecule has 1 fully saturated rings. The van der Waals surface area contributed by atoms with Gasteiger partial charge in [-0.3, -0.25) is 9.59 Å². The molecular weight excluding hydrogens is 569 g/mol. The Hall–Kier alpha value is -3.64. The first-order valence-electron chi connectivity index (χ1n) is 12.7. The minimum Gasteiger partial charge on any atom is -0.457 e. The molecule has 0 radical (unpaired) electrons. The number of rotatable bonds is 4. The smallest absolute Gasteiger partial charge is 0.338 e. The van der Waals surface area contributed by atoms with Crippen molar-refractivity contribution in [3.05, 3.63) is 135 Å². The Bertz CT molecular complexity index is 1610. The van der Waals surface area contributed by atoms with E-state index in [4.69, 9.17) is 39.5 Å². The van der Waals surface area contributed by atoms with Crippen molar-refractivity contribution in [2.45, 2.75) is 16.4 Å². The van der Waals surface area contributed by atoms with Crippen LogP contribution < -0.4 is 4.90 Å². The third-order valence-electron chi connectivity index (χ3n) is 8.21. The second kappa shape index (κ2) is 8.93. The van der Waals surface area contributed by atoms with E-state index < -0.39 is 39.4 Å². The molecule has 8 heteroatoms. The fourth-order valence-electron chi connectivity index (χ4n) is 6.51. The Morgan fingerprint density at radius 3 is 1.73 bits per heavy atom. The molecule has 0 saturated carbocycles. The number of anilines is 1. The fourth-order valence-corrected chi connectivity index (χ4v) is 7.73. The van der Waals surface area contributed by atoms with Crippen LogP contribution in [0.4, 0.5) is 5.69 Å². The SMILES string of the molecule is O=C(OCc1ccc(Cl)cc1)c1cccc(N2C(=O)[C@@H]3[C@@H](C2=O)C2(Cl)c4ccccc4C3(Cl)c3ccccc32)c1. The third kappa shape index (κ3) is 3.32. The number of carbonyl (C=O) groups excluding carboxylic acids is 3. The third-order valence-corrected chi connectivity index (χ3v) is 9.75. The van der Waals surface area contributed by atoms with Gasteiger partial charge in [-0.25, -0.2) is 9.69 Å². The zero-order valence-electron chi connectivity index (χ0n) is 20.8. The van der Waals surface area contributed by atoms with Gasteiger partial charge in [-0.2, -0.15) is 0 Å².